The molecule has 0 radical (unpaired) electrons. The van der Waals surface area contributed by atoms with E-state index in [0.29, 0.717) is 0 Å². The fourth-order valence-corrected chi connectivity index (χ4v) is 3.41. The first-order valence-electron chi connectivity index (χ1n) is 10.1. The van der Waals surface area contributed by atoms with Crippen LogP contribution in [0.25, 0.3) is 0 Å². The Hall–Kier alpha value is -1.39. The van der Waals surface area contributed by atoms with Crippen molar-refractivity contribution in [2.24, 2.45) is 0 Å². The fraction of sp³-hybridized carbons (Fsp3) is 0.682. The molecule has 1 aliphatic heterocycles. The van der Waals surface area contributed by atoms with Crippen LogP contribution in [0, 0.1) is 0 Å². The minimum Gasteiger partial charge on any atom is -0.457 e. The molecule has 1 aliphatic rings. The highest BCUT2D eigenvalue weighted by Crippen LogP contribution is 2.42. The van der Waals surface area contributed by atoms with Crippen molar-refractivity contribution < 1.29 is 19.3 Å². The zero-order valence-electron chi connectivity index (χ0n) is 16.8. The van der Waals surface area contributed by atoms with Crippen LogP contribution in [0.15, 0.2) is 30.3 Å². The van der Waals surface area contributed by atoms with Crippen LogP contribution in [0.5, 0.6) is 0 Å². The summed E-state index contributed by atoms with van der Waals surface area (Å²) in [6.07, 6.45) is 9.21. The zero-order valence-corrected chi connectivity index (χ0v) is 16.8. The normalized spacial score (nSPS) is 22.7. The van der Waals surface area contributed by atoms with Crippen molar-refractivity contribution in [2.45, 2.75) is 96.4 Å². The van der Waals surface area contributed by atoms with E-state index < -0.39 is 11.2 Å². The van der Waals surface area contributed by atoms with Crippen molar-refractivity contribution in [2.75, 3.05) is 0 Å². The highest BCUT2D eigenvalue weighted by molar-refractivity contribution is 5.83. The van der Waals surface area contributed by atoms with Gasteiger partial charge in [0.25, 0.3) is 5.60 Å². The molecule has 1 aromatic rings. The maximum Gasteiger partial charge on any atom is 0.350 e. The second-order valence-corrected chi connectivity index (χ2v) is 7.94. The molecule has 2 unspecified atom stereocenters. The molecule has 2 atom stereocenters. The van der Waals surface area contributed by atoms with E-state index in [1.54, 1.807) is 0 Å². The number of ether oxygens (including phenoxy) is 1. The van der Waals surface area contributed by atoms with Crippen molar-refractivity contribution in [3.8, 4) is 0 Å². The van der Waals surface area contributed by atoms with Crippen molar-refractivity contribution in [1.29, 1.82) is 0 Å². The average molecular weight is 363 g/mol. The Morgan fingerprint density at radius 1 is 1.08 bits per heavy atom. The first kappa shape index (κ1) is 20.9. The molecule has 1 heterocycles. The van der Waals surface area contributed by atoms with Gasteiger partial charge in [0.05, 0.1) is 0 Å². The third kappa shape index (κ3) is 5.08. The van der Waals surface area contributed by atoms with Crippen LogP contribution >= 0.6 is 0 Å². The summed E-state index contributed by atoms with van der Waals surface area (Å²) in [6, 6.07) is 9.45. The third-order valence-corrected chi connectivity index (χ3v) is 5.15. The number of esters is 1. The Kier molecular flexibility index (Phi) is 7.66. The summed E-state index contributed by atoms with van der Waals surface area (Å²) in [5.41, 5.74) is -0.893. The van der Waals surface area contributed by atoms with E-state index in [9.17, 15) is 4.79 Å². The number of rotatable bonds is 11. The van der Waals surface area contributed by atoms with Gasteiger partial charge in [0.15, 0.2) is 0 Å². The van der Waals surface area contributed by atoms with Crippen molar-refractivity contribution >= 4 is 5.97 Å². The number of carbonyl (C=O) groups excluding carboxylic acids is 1. The molecule has 4 nitrogen and oxygen atoms in total. The molecule has 0 bridgehead atoms. The number of hydrogen-bond donors (Lipinski definition) is 0. The predicted octanol–water partition coefficient (Wildman–Crippen LogP) is 5.69. The third-order valence-electron chi connectivity index (χ3n) is 5.15. The summed E-state index contributed by atoms with van der Waals surface area (Å²) in [6.45, 7) is 8.02. The molecule has 0 saturated carbocycles. The molecule has 1 aromatic carbocycles. The van der Waals surface area contributed by atoms with Crippen LogP contribution in [0.3, 0.4) is 0 Å². The minimum absolute atomic E-state index is 0.365. The van der Waals surface area contributed by atoms with E-state index in [4.69, 9.17) is 14.5 Å². The molecular formula is C22H34O4. The summed E-state index contributed by atoms with van der Waals surface area (Å²) < 4.78 is 5.87. The molecular weight excluding hydrogens is 328 g/mol. The van der Waals surface area contributed by atoms with Gasteiger partial charge in [-0.3, -0.25) is 0 Å². The van der Waals surface area contributed by atoms with Gasteiger partial charge in [-0.1, -0.05) is 75.8 Å². The van der Waals surface area contributed by atoms with Crippen LogP contribution in [0.4, 0.5) is 0 Å². The lowest BCUT2D eigenvalue weighted by Gasteiger charge is -2.44. The van der Waals surface area contributed by atoms with Gasteiger partial charge in [0.2, 0.25) is 0 Å². The minimum atomic E-state index is -1.15. The molecule has 4 heteroatoms. The molecule has 1 fully saturated rings. The highest BCUT2D eigenvalue weighted by atomic mass is 17.3. The standard InChI is InChI=1S/C22H34O4/c1-5-6-7-8-9-10-14-17-21(3,4)24-20(23)22(18(2)25-26-22)19-15-12-11-13-16-19/h11-13,15-16,18H,5-10,14,17H2,1-4H3. The molecule has 0 aliphatic carbocycles. The smallest absolute Gasteiger partial charge is 0.350 e. The van der Waals surface area contributed by atoms with Crippen LogP contribution < -0.4 is 0 Å². The number of unbranched alkanes of at least 4 members (excludes halogenated alkanes) is 6. The number of hydrogen-bond acceptors (Lipinski definition) is 4. The van der Waals surface area contributed by atoms with Crippen LogP contribution in [-0.2, 0) is 24.9 Å². The van der Waals surface area contributed by atoms with Crippen LogP contribution in [0.1, 0.15) is 84.6 Å². The van der Waals surface area contributed by atoms with Gasteiger partial charge in [-0.2, -0.15) is 0 Å². The maximum absolute atomic E-state index is 13.0. The molecule has 146 valence electrons. The first-order valence-corrected chi connectivity index (χ1v) is 10.1. The molecule has 2 rings (SSSR count). The largest absolute Gasteiger partial charge is 0.457 e. The van der Waals surface area contributed by atoms with E-state index in [0.717, 1.165) is 18.4 Å². The quantitative estimate of drug-likeness (QED) is 0.288. The first-order chi connectivity index (χ1) is 12.4. The lowest BCUT2D eigenvalue weighted by Crippen LogP contribution is -2.59. The Balaban J connectivity index is 1.86. The van der Waals surface area contributed by atoms with Gasteiger partial charge in [0, 0.05) is 5.56 Å². The Labute approximate surface area is 158 Å². The summed E-state index contributed by atoms with van der Waals surface area (Å²) in [7, 11) is 0. The summed E-state index contributed by atoms with van der Waals surface area (Å²) in [5.74, 6) is -0.365. The second kappa shape index (κ2) is 9.52. The number of benzene rings is 1. The molecule has 1 saturated heterocycles. The van der Waals surface area contributed by atoms with Gasteiger partial charge in [-0.25, -0.2) is 14.6 Å². The van der Waals surface area contributed by atoms with Crippen LogP contribution in [0.2, 0.25) is 0 Å². The Morgan fingerprint density at radius 2 is 1.69 bits per heavy atom. The highest BCUT2D eigenvalue weighted by Gasteiger charge is 2.59. The summed E-state index contributed by atoms with van der Waals surface area (Å²) in [5, 5.41) is 0. The SMILES string of the molecule is CCCCCCCCCC(C)(C)OC(=O)C1(c2ccccc2)OOC1C. The summed E-state index contributed by atoms with van der Waals surface area (Å²) in [4.78, 5) is 23.4. The second-order valence-electron chi connectivity index (χ2n) is 7.94. The molecule has 0 spiro atoms. The zero-order chi connectivity index (χ0) is 19.0. The van der Waals surface area contributed by atoms with E-state index in [1.807, 2.05) is 51.1 Å². The van der Waals surface area contributed by atoms with E-state index in [1.165, 1.54) is 38.5 Å². The summed E-state index contributed by atoms with van der Waals surface area (Å²) >= 11 is 0. The average Bonchev–Trinajstić information content (AvgIpc) is 2.60. The lowest BCUT2D eigenvalue weighted by atomic mass is 9.87. The van der Waals surface area contributed by atoms with Crippen molar-refractivity contribution in [3.05, 3.63) is 35.9 Å². The maximum atomic E-state index is 13.0. The molecule has 0 N–H and O–H groups in total. The lowest BCUT2D eigenvalue weighted by molar-refractivity contribution is -0.501. The van der Waals surface area contributed by atoms with Gasteiger partial charge >= 0.3 is 5.97 Å². The van der Waals surface area contributed by atoms with Gasteiger partial charge in [-0.15, -0.1) is 0 Å². The van der Waals surface area contributed by atoms with Gasteiger partial charge in [-0.05, 0) is 33.6 Å². The van der Waals surface area contributed by atoms with Gasteiger partial charge in [0.1, 0.15) is 11.7 Å². The fourth-order valence-electron chi connectivity index (χ4n) is 3.41. The molecule has 26 heavy (non-hydrogen) atoms. The Bertz CT molecular complexity index is 555. The van der Waals surface area contributed by atoms with E-state index in [2.05, 4.69) is 6.92 Å². The van der Waals surface area contributed by atoms with E-state index >= 15 is 0 Å². The van der Waals surface area contributed by atoms with Crippen molar-refractivity contribution in [3.63, 3.8) is 0 Å². The molecule has 0 amide bonds. The van der Waals surface area contributed by atoms with Crippen LogP contribution in [-0.4, -0.2) is 17.7 Å². The molecule has 0 aromatic heterocycles. The topological polar surface area (TPSA) is 44.8 Å². The van der Waals surface area contributed by atoms with E-state index in [-0.39, 0.29) is 12.1 Å². The monoisotopic (exact) mass is 362 g/mol. The van der Waals surface area contributed by atoms with Gasteiger partial charge < -0.3 is 4.74 Å². The number of carbonyl (C=O) groups is 1. The Morgan fingerprint density at radius 3 is 2.23 bits per heavy atom. The predicted molar refractivity (Wildman–Crippen MR) is 103 cm³/mol. The van der Waals surface area contributed by atoms with Crippen molar-refractivity contribution in [1.82, 2.24) is 0 Å².